The van der Waals surface area contributed by atoms with Crippen molar-refractivity contribution in [3.8, 4) is 0 Å². The molecule has 0 aliphatic carbocycles. The lowest BCUT2D eigenvalue weighted by atomic mass is 10.1. The van der Waals surface area contributed by atoms with Crippen LogP contribution < -0.4 is 5.56 Å². The summed E-state index contributed by atoms with van der Waals surface area (Å²) in [5.74, 6) is 0.706. The van der Waals surface area contributed by atoms with Gasteiger partial charge in [0.2, 0.25) is 0 Å². The highest BCUT2D eigenvalue weighted by Gasteiger charge is 2.22. The van der Waals surface area contributed by atoms with Crippen molar-refractivity contribution >= 4 is 45.8 Å². The molecule has 5 nitrogen and oxygen atoms in total. The topological polar surface area (TPSA) is 52.7 Å². The molecule has 0 unspecified atom stereocenters. The molecule has 0 saturated carbocycles. The normalized spacial score (nSPS) is 14.5. The van der Waals surface area contributed by atoms with Gasteiger partial charge in [0.05, 0.1) is 23.1 Å². The van der Waals surface area contributed by atoms with E-state index in [4.69, 9.17) is 33.3 Å². The van der Waals surface area contributed by atoms with Crippen molar-refractivity contribution in [3.63, 3.8) is 0 Å². The monoisotopic (exact) mass is 450 g/mol. The molecule has 0 spiro atoms. The second kappa shape index (κ2) is 7.66. The van der Waals surface area contributed by atoms with Crippen LogP contribution in [0.5, 0.6) is 0 Å². The Kier molecular flexibility index (Phi) is 4.95. The summed E-state index contributed by atoms with van der Waals surface area (Å²) in [6.45, 7) is 5.28. The summed E-state index contributed by atoms with van der Waals surface area (Å²) >= 11 is 12.5. The van der Waals surface area contributed by atoms with E-state index in [0.717, 1.165) is 39.5 Å². The van der Waals surface area contributed by atoms with E-state index < -0.39 is 0 Å². The van der Waals surface area contributed by atoms with E-state index in [2.05, 4.69) is 13.0 Å². The van der Waals surface area contributed by atoms with E-state index in [9.17, 15) is 4.79 Å². The van der Waals surface area contributed by atoms with Crippen molar-refractivity contribution in [2.24, 2.45) is 0 Å². The number of halogens is 2. The summed E-state index contributed by atoms with van der Waals surface area (Å²) < 4.78 is 3.72. The highest BCUT2D eigenvalue weighted by molar-refractivity contribution is 6.31. The van der Waals surface area contributed by atoms with Crippen molar-refractivity contribution < 1.29 is 0 Å². The van der Waals surface area contributed by atoms with Gasteiger partial charge >= 0.3 is 0 Å². The minimum Gasteiger partial charge on any atom is -0.292 e. The van der Waals surface area contributed by atoms with E-state index in [1.807, 2.05) is 35.9 Å². The van der Waals surface area contributed by atoms with Gasteiger partial charge in [0.25, 0.3) is 5.56 Å². The summed E-state index contributed by atoms with van der Waals surface area (Å²) in [6, 6.07) is 13.0. The summed E-state index contributed by atoms with van der Waals surface area (Å²) in [4.78, 5) is 17.7. The van der Waals surface area contributed by atoms with Gasteiger partial charge in [0, 0.05) is 27.8 Å². The molecule has 31 heavy (non-hydrogen) atoms. The zero-order chi connectivity index (χ0) is 21.7. The molecule has 0 N–H and O–H groups in total. The van der Waals surface area contributed by atoms with Crippen LogP contribution in [0.3, 0.4) is 0 Å². The average molecular weight is 451 g/mol. The molecule has 0 saturated heterocycles. The van der Waals surface area contributed by atoms with Crippen molar-refractivity contribution in [3.05, 3.63) is 91.2 Å². The Hall–Kier alpha value is -2.89. The first-order valence-corrected chi connectivity index (χ1v) is 10.9. The van der Waals surface area contributed by atoms with Gasteiger partial charge in [0.1, 0.15) is 5.82 Å². The first-order valence-electron chi connectivity index (χ1n) is 10.1. The number of aromatic nitrogens is 4. The van der Waals surface area contributed by atoms with Crippen LogP contribution in [0.1, 0.15) is 34.8 Å². The van der Waals surface area contributed by atoms with Crippen LogP contribution in [-0.2, 0) is 13.1 Å². The van der Waals surface area contributed by atoms with E-state index in [0.29, 0.717) is 34.8 Å². The molecule has 1 aliphatic rings. The fourth-order valence-corrected chi connectivity index (χ4v) is 4.53. The molecule has 0 bridgehead atoms. The van der Waals surface area contributed by atoms with Crippen molar-refractivity contribution in [2.45, 2.75) is 33.4 Å². The summed E-state index contributed by atoms with van der Waals surface area (Å²) in [5.41, 5.74) is 5.69. The number of fused-ring (bicyclic) bond motifs is 2. The highest BCUT2D eigenvalue weighted by atomic mass is 35.5. The molecule has 0 radical (unpaired) electrons. The van der Waals surface area contributed by atoms with Gasteiger partial charge in [-0.3, -0.25) is 14.0 Å². The maximum Gasteiger partial charge on any atom is 0.261 e. The molecule has 0 fully saturated rings. The molecule has 4 aromatic rings. The minimum atomic E-state index is -0.0251. The standard InChI is InChI=1S/C24H20Cl2N4O/c1-14-20(15(2)30(28-14)13-17-5-3-4-6-21(17)26)11-16-9-10-29-23(16)27-22-12-18(25)7-8-19(22)24(29)31/h3-8,11-12H,9-10,13H2,1-2H3/b16-11+. The fraction of sp³-hybridized carbons (Fsp3) is 0.208. The van der Waals surface area contributed by atoms with E-state index in [-0.39, 0.29) is 5.56 Å². The summed E-state index contributed by atoms with van der Waals surface area (Å²) in [6.07, 6.45) is 2.86. The molecule has 156 valence electrons. The van der Waals surface area contributed by atoms with Gasteiger partial charge in [-0.2, -0.15) is 5.10 Å². The molecule has 2 aromatic carbocycles. The van der Waals surface area contributed by atoms with Crippen LogP contribution in [0.25, 0.3) is 22.6 Å². The lowest BCUT2D eigenvalue weighted by Crippen LogP contribution is -2.20. The van der Waals surface area contributed by atoms with Crippen LogP contribution >= 0.6 is 23.2 Å². The molecule has 0 atom stereocenters. The van der Waals surface area contributed by atoms with Crippen molar-refractivity contribution in [1.82, 2.24) is 19.3 Å². The first-order chi connectivity index (χ1) is 14.9. The van der Waals surface area contributed by atoms with Crippen LogP contribution in [0.15, 0.2) is 47.3 Å². The van der Waals surface area contributed by atoms with Crippen LogP contribution in [0.2, 0.25) is 10.0 Å². The van der Waals surface area contributed by atoms with E-state index in [1.54, 1.807) is 22.8 Å². The lowest BCUT2D eigenvalue weighted by molar-refractivity contribution is 0.659. The van der Waals surface area contributed by atoms with Gasteiger partial charge in [0.15, 0.2) is 0 Å². The van der Waals surface area contributed by atoms with Crippen LogP contribution in [0.4, 0.5) is 0 Å². The lowest BCUT2D eigenvalue weighted by Gasteiger charge is -2.07. The molecule has 2 aromatic heterocycles. The Balaban J connectivity index is 1.58. The quantitative estimate of drug-likeness (QED) is 0.413. The van der Waals surface area contributed by atoms with Crippen molar-refractivity contribution in [2.75, 3.05) is 0 Å². The number of nitrogens with zero attached hydrogens (tertiary/aromatic N) is 4. The minimum absolute atomic E-state index is 0.0251. The largest absolute Gasteiger partial charge is 0.292 e. The zero-order valence-corrected chi connectivity index (χ0v) is 18.7. The van der Waals surface area contributed by atoms with Gasteiger partial charge in [-0.25, -0.2) is 4.98 Å². The predicted octanol–water partition coefficient (Wildman–Crippen LogP) is 5.51. The molecule has 3 heterocycles. The molecule has 7 heteroatoms. The summed E-state index contributed by atoms with van der Waals surface area (Å²) in [7, 11) is 0. The third kappa shape index (κ3) is 3.48. The van der Waals surface area contributed by atoms with Crippen LogP contribution in [-0.4, -0.2) is 19.3 Å². The van der Waals surface area contributed by atoms with Gasteiger partial charge in [-0.1, -0.05) is 41.4 Å². The Morgan fingerprint density at radius 3 is 2.74 bits per heavy atom. The number of benzene rings is 2. The second-order valence-electron chi connectivity index (χ2n) is 7.81. The summed E-state index contributed by atoms with van der Waals surface area (Å²) in [5, 5.41) is 6.62. The van der Waals surface area contributed by atoms with Gasteiger partial charge in [-0.15, -0.1) is 0 Å². The third-order valence-electron chi connectivity index (χ3n) is 5.84. The zero-order valence-electron chi connectivity index (χ0n) is 17.2. The number of hydrogen-bond acceptors (Lipinski definition) is 3. The maximum atomic E-state index is 12.9. The Morgan fingerprint density at radius 2 is 1.94 bits per heavy atom. The smallest absolute Gasteiger partial charge is 0.261 e. The Morgan fingerprint density at radius 1 is 1.13 bits per heavy atom. The second-order valence-corrected chi connectivity index (χ2v) is 8.65. The number of rotatable bonds is 3. The Bertz CT molecular complexity index is 1430. The van der Waals surface area contributed by atoms with Crippen LogP contribution in [0, 0.1) is 13.8 Å². The average Bonchev–Trinajstić information content (AvgIpc) is 3.26. The molecular formula is C24H20Cl2N4O. The fourth-order valence-electron chi connectivity index (χ4n) is 4.16. The van der Waals surface area contributed by atoms with Crippen molar-refractivity contribution in [1.29, 1.82) is 0 Å². The third-order valence-corrected chi connectivity index (χ3v) is 6.45. The van der Waals surface area contributed by atoms with E-state index in [1.165, 1.54) is 0 Å². The Labute approximate surface area is 189 Å². The van der Waals surface area contributed by atoms with Gasteiger partial charge < -0.3 is 0 Å². The molecular weight excluding hydrogens is 431 g/mol. The maximum absolute atomic E-state index is 12.9. The number of hydrogen-bond donors (Lipinski definition) is 0. The SMILES string of the molecule is Cc1nn(Cc2ccccc2Cl)c(C)c1/C=C1\CCn2c1nc1cc(Cl)ccc1c2=O. The number of aryl methyl sites for hydroxylation is 1. The first kappa shape index (κ1) is 20.0. The van der Waals surface area contributed by atoms with Gasteiger partial charge in [-0.05, 0) is 61.7 Å². The number of allylic oxidation sites excluding steroid dienone is 1. The predicted molar refractivity (Wildman–Crippen MR) is 126 cm³/mol. The molecule has 1 aliphatic heterocycles. The molecule has 0 amide bonds. The highest BCUT2D eigenvalue weighted by Crippen LogP contribution is 2.30. The van der Waals surface area contributed by atoms with E-state index >= 15 is 0 Å². The molecule has 5 rings (SSSR count).